The predicted molar refractivity (Wildman–Crippen MR) is 91.0 cm³/mol. The number of nitrogen functional groups attached to an aromatic ring is 1. The molecular formula is C16H13BrN2OS. The molecule has 21 heavy (non-hydrogen) atoms. The topological polar surface area (TPSA) is 48.1 Å². The van der Waals surface area contributed by atoms with Crippen LogP contribution in [0.4, 0.5) is 5.69 Å². The van der Waals surface area contributed by atoms with E-state index in [2.05, 4.69) is 20.9 Å². The van der Waals surface area contributed by atoms with Crippen LogP contribution in [0.5, 0.6) is 5.75 Å². The monoisotopic (exact) mass is 360 g/mol. The summed E-state index contributed by atoms with van der Waals surface area (Å²) >= 11 is 5.13. The molecule has 3 nitrogen and oxygen atoms in total. The summed E-state index contributed by atoms with van der Waals surface area (Å²) in [6, 6.07) is 13.9. The van der Waals surface area contributed by atoms with Gasteiger partial charge in [-0.2, -0.15) is 0 Å². The summed E-state index contributed by atoms with van der Waals surface area (Å²) in [5, 5.41) is 1.05. The van der Waals surface area contributed by atoms with Crippen molar-refractivity contribution >= 4 is 44.3 Å². The first-order chi connectivity index (χ1) is 10.2. The van der Waals surface area contributed by atoms with Crippen molar-refractivity contribution in [2.75, 3.05) is 12.8 Å². The van der Waals surface area contributed by atoms with Gasteiger partial charge >= 0.3 is 0 Å². The van der Waals surface area contributed by atoms with E-state index in [-0.39, 0.29) is 0 Å². The number of nitrogens with zero attached hydrogens (tertiary/aromatic N) is 1. The number of hydrogen-bond donors (Lipinski definition) is 1. The minimum absolute atomic E-state index is 0.682. The number of nitrogens with two attached hydrogens (primary N) is 1. The SMILES string of the molecule is COc1ccc(Sc2c(N)cnc3ccc(Br)cc23)cc1. The molecule has 0 aliphatic carbocycles. The molecule has 2 N–H and O–H groups in total. The molecule has 0 aliphatic heterocycles. The highest BCUT2D eigenvalue weighted by atomic mass is 79.9. The van der Waals surface area contributed by atoms with E-state index in [1.807, 2.05) is 42.5 Å². The molecule has 0 aliphatic rings. The smallest absolute Gasteiger partial charge is 0.118 e. The molecule has 3 aromatic rings. The van der Waals surface area contributed by atoms with Gasteiger partial charge < -0.3 is 10.5 Å². The van der Waals surface area contributed by atoms with E-state index < -0.39 is 0 Å². The lowest BCUT2D eigenvalue weighted by Crippen LogP contribution is -1.92. The summed E-state index contributed by atoms with van der Waals surface area (Å²) in [6.07, 6.45) is 1.71. The van der Waals surface area contributed by atoms with E-state index in [0.717, 1.165) is 30.9 Å². The number of halogens is 1. The highest BCUT2D eigenvalue weighted by Crippen LogP contribution is 2.38. The molecule has 0 unspecified atom stereocenters. The first kappa shape index (κ1) is 14.2. The van der Waals surface area contributed by atoms with Crippen molar-refractivity contribution < 1.29 is 4.74 Å². The van der Waals surface area contributed by atoms with Crippen LogP contribution in [-0.4, -0.2) is 12.1 Å². The third-order valence-corrected chi connectivity index (χ3v) is 4.75. The molecule has 0 atom stereocenters. The fourth-order valence-corrected chi connectivity index (χ4v) is 3.34. The Morgan fingerprint density at radius 2 is 1.90 bits per heavy atom. The molecule has 2 aromatic carbocycles. The second kappa shape index (κ2) is 5.95. The second-order valence-corrected chi connectivity index (χ2v) is 6.48. The molecule has 106 valence electrons. The zero-order valence-electron chi connectivity index (χ0n) is 11.3. The Balaban J connectivity index is 2.06. The van der Waals surface area contributed by atoms with Crippen molar-refractivity contribution in [1.82, 2.24) is 4.98 Å². The number of hydrogen-bond acceptors (Lipinski definition) is 4. The molecule has 5 heteroatoms. The Kier molecular flexibility index (Phi) is 4.03. The van der Waals surface area contributed by atoms with Crippen molar-refractivity contribution in [3.05, 3.63) is 53.1 Å². The zero-order valence-corrected chi connectivity index (χ0v) is 13.7. The maximum atomic E-state index is 6.12. The third kappa shape index (κ3) is 2.99. The largest absolute Gasteiger partial charge is 0.497 e. The zero-order chi connectivity index (χ0) is 14.8. The van der Waals surface area contributed by atoms with Gasteiger partial charge in [0.15, 0.2) is 0 Å². The highest BCUT2D eigenvalue weighted by Gasteiger charge is 2.09. The van der Waals surface area contributed by atoms with E-state index >= 15 is 0 Å². The van der Waals surface area contributed by atoms with E-state index in [0.29, 0.717) is 5.69 Å². The lowest BCUT2D eigenvalue weighted by atomic mass is 10.2. The van der Waals surface area contributed by atoms with Gasteiger partial charge in [-0.3, -0.25) is 4.98 Å². The van der Waals surface area contributed by atoms with Gasteiger partial charge in [0.05, 0.1) is 24.5 Å². The number of anilines is 1. The van der Waals surface area contributed by atoms with E-state index in [1.165, 1.54) is 0 Å². The quantitative estimate of drug-likeness (QED) is 0.732. The summed E-state index contributed by atoms with van der Waals surface area (Å²) in [5.41, 5.74) is 7.73. The molecular weight excluding hydrogens is 348 g/mol. The minimum Gasteiger partial charge on any atom is -0.497 e. The molecule has 1 aromatic heterocycles. The van der Waals surface area contributed by atoms with Crippen LogP contribution in [0.1, 0.15) is 0 Å². The number of rotatable bonds is 3. The average Bonchev–Trinajstić information content (AvgIpc) is 2.51. The molecule has 0 amide bonds. The van der Waals surface area contributed by atoms with Crippen molar-refractivity contribution in [3.63, 3.8) is 0 Å². The molecule has 3 rings (SSSR count). The van der Waals surface area contributed by atoms with Gasteiger partial charge in [-0.1, -0.05) is 27.7 Å². The molecule has 0 radical (unpaired) electrons. The van der Waals surface area contributed by atoms with Crippen molar-refractivity contribution in [2.24, 2.45) is 0 Å². The maximum Gasteiger partial charge on any atom is 0.118 e. The average molecular weight is 361 g/mol. The number of fused-ring (bicyclic) bond motifs is 1. The van der Waals surface area contributed by atoms with E-state index in [1.54, 1.807) is 25.1 Å². The summed E-state index contributed by atoms with van der Waals surface area (Å²) in [6.45, 7) is 0. The number of pyridine rings is 1. The number of benzene rings is 2. The first-order valence-electron chi connectivity index (χ1n) is 6.33. The van der Waals surface area contributed by atoms with Gasteiger partial charge in [-0.15, -0.1) is 0 Å². The Labute approximate surface area is 135 Å². The Morgan fingerprint density at radius 3 is 2.62 bits per heavy atom. The first-order valence-corrected chi connectivity index (χ1v) is 7.94. The van der Waals surface area contributed by atoms with Crippen molar-refractivity contribution in [2.45, 2.75) is 9.79 Å². The van der Waals surface area contributed by atoms with Crippen LogP contribution in [0.2, 0.25) is 0 Å². The summed E-state index contributed by atoms with van der Waals surface area (Å²) in [7, 11) is 1.66. The molecule has 0 spiro atoms. The van der Waals surface area contributed by atoms with Gasteiger partial charge in [0.2, 0.25) is 0 Å². The van der Waals surface area contributed by atoms with Gasteiger partial charge in [-0.25, -0.2) is 0 Å². The normalized spacial score (nSPS) is 10.8. The second-order valence-electron chi connectivity index (χ2n) is 4.48. The lowest BCUT2D eigenvalue weighted by Gasteiger charge is -2.10. The van der Waals surface area contributed by atoms with Gasteiger partial charge in [-0.05, 0) is 42.5 Å². The van der Waals surface area contributed by atoms with E-state index in [4.69, 9.17) is 10.5 Å². The fourth-order valence-electron chi connectivity index (χ4n) is 2.03. The van der Waals surface area contributed by atoms with Crippen LogP contribution in [0, 0.1) is 0 Å². The summed E-state index contributed by atoms with van der Waals surface area (Å²) in [4.78, 5) is 6.50. The van der Waals surface area contributed by atoms with Crippen LogP contribution >= 0.6 is 27.7 Å². The minimum atomic E-state index is 0.682. The van der Waals surface area contributed by atoms with Gasteiger partial charge in [0.1, 0.15) is 5.75 Å². The third-order valence-electron chi connectivity index (χ3n) is 3.09. The predicted octanol–water partition coefficient (Wildman–Crippen LogP) is 4.74. The Bertz CT molecular complexity index is 785. The molecule has 0 fully saturated rings. The highest BCUT2D eigenvalue weighted by molar-refractivity contribution is 9.10. The van der Waals surface area contributed by atoms with Crippen LogP contribution in [-0.2, 0) is 0 Å². The van der Waals surface area contributed by atoms with Crippen LogP contribution < -0.4 is 10.5 Å². The van der Waals surface area contributed by atoms with Crippen molar-refractivity contribution in [1.29, 1.82) is 0 Å². The molecule has 0 saturated carbocycles. The molecule has 0 saturated heterocycles. The number of ether oxygens (including phenoxy) is 1. The summed E-state index contributed by atoms with van der Waals surface area (Å²) < 4.78 is 6.19. The maximum absolute atomic E-state index is 6.12. The number of aromatic nitrogens is 1. The van der Waals surface area contributed by atoms with Crippen LogP contribution in [0.15, 0.2) is 62.9 Å². The Morgan fingerprint density at radius 1 is 1.14 bits per heavy atom. The lowest BCUT2D eigenvalue weighted by molar-refractivity contribution is 0.414. The Hall–Kier alpha value is -1.72. The van der Waals surface area contributed by atoms with Crippen molar-refractivity contribution in [3.8, 4) is 5.75 Å². The summed E-state index contributed by atoms with van der Waals surface area (Å²) in [5.74, 6) is 0.842. The van der Waals surface area contributed by atoms with Crippen LogP contribution in [0.3, 0.4) is 0 Å². The van der Waals surface area contributed by atoms with Gasteiger partial charge in [0.25, 0.3) is 0 Å². The fraction of sp³-hybridized carbons (Fsp3) is 0.0625. The van der Waals surface area contributed by atoms with E-state index in [9.17, 15) is 0 Å². The van der Waals surface area contributed by atoms with Crippen LogP contribution in [0.25, 0.3) is 10.9 Å². The van der Waals surface area contributed by atoms with Gasteiger partial charge in [0, 0.05) is 19.6 Å². The standard InChI is InChI=1S/C16H13BrN2OS/c1-20-11-3-5-12(6-4-11)21-16-13-8-10(17)2-7-15(13)19-9-14(16)18/h2-9H,18H2,1H3. The molecule has 0 bridgehead atoms. The molecule has 1 heterocycles. The number of methoxy groups -OCH3 is 1.